The van der Waals surface area contributed by atoms with E-state index in [2.05, 4.69) is 16.4 Å². The van der Waals surface area contributed by atoms with E-state index in [0.717, 1.165) is 40.6 Å². The quantitative estimate of drug-likeness (QED) is 0.375. The summed E-state index contributed by atoms with van der Waals surface area (Å²) in [6.07, 6.45) is 1.69. The summed E-state index contributed by atoms with van der Waals surface area (Å²) in [4.78, 5) is 13.8. The molecule has 0 aliphatic carbocycles. The molecule has 4 N–H and O–H groups in total. The number of nitrogens with one attached hydrogen (secondary N) is 2. The van der Waals surface area contributed by atoms with E-state index in [9.17, 15) is 9.90 Å². The van der Waals surface area contributed by atoms with Crippen LogP contribution >= 0.6 is 0 Å². The van der Waals surface area contributed by atoms with E-state index < -0.39 is 12.1 Å². The van der Waals surface area contributed by atoms with Crippen LogP contribution in [0, 0.1) is 11.3 Å². The molecule has 0 radical (unpaired) electrons. The Kier molecular flexibility index (Phi) is 7.13. The fraction of sp³-hybridized carbons (Fsp3) is 0.360. The molecule has 1 aliphatic heterocycles. The lowest BCUT2D eigenvalue weighted by Crippen LogP contribution is -2.39. The predicted molar refractivity (Wildman–Crippen MR) is 123 cm³/mol. The van der Waals surface area contributed by atoms with Gasteiger partial charge < -0.3 is 30.0 Å². The first-order valence-corrected chi connectivity index (χ1v) is 11.1. The molecule has 2 heterocycles. The molecule has 0 amide bonds. The maximum atomic E-state index is 10.8. The largest absolute Gasteiger partial charge is 0.490 e. The predicted octanol–water partition coefficient (Wildman–Crippen LogP) is 2.78. The van der Waals surface area contributed by atoms with Gasteiger partial charge >= 0.3 is 5.97 Å². The number of aromatic nitrogens is 1. The average molecular weight is 450 g/mol. The van der Waals surface area contributed by atoms with Gasteiger partial charge in [-0.3, -0.25) is 4.79 Å². The first-order valence-electron chi connectivity index (χ1n) is 11.1. The molecule has 0 bridgehead atoms. The van der Waals surface area contributed by atoms with Crippen LogP contribution in [-0.4, -0.2) is 53.1 Å². The normalized spacial score (nSPS) is 15.9. The molecular weight excluding hydrogens is 422 g/mol. The van der Waals surface area contributed by atoms with E-state index in [1.165, 1.54) is 0 Å². The molecule has 0 saturated heterocycles. The van der Waals surface area contributed by atoms with Gasteiger partial charge in [-0.1, -0.05) is 18.2 Å². The lowest BCUT2D eigenvalue weighted by molar-refractivity contribution is -0.136. The molecule has 33 heavy (non-hydrogen) atoms. The topological polar surface area (TPSA) is 128 Å². The van der Waals surface area contributed by atoms with E-state index in [1.807, 2.05) is 36.4 Å². The number of H-pyrrole nitrogens is 1. The van der Waals surface area contributed by atoms with E-state index in [-0.39, 0.29) is 19.1 Å². The summed E-state index contributed by atoms with van der Waals surface area (Å²) in [7, 11) is 0. The molecule has 2 atom stereocenters. The number of aryl methyl sites for hydroxylation is 2. The fourth-order valence-electron chi connectivity index (χ4n) is 4.02. The van der Waals surface area contributed by atoms with Gasteiger partial charge in [-0.2, -0.15) is 5.26 Å². The van der Waals surface area contributed by atoms with Crippen LogP contribution in [0.1, 0.15) is 29.7 Å². The molecule has 0 fully saturated rings. The van der Waals surface area contributed by atoms with Gasteiger partial charge in [0.1, 0.15) is 42.1 Å². The van der Waals surface area contributed by atoms with Crippen LogP contribution in [0.2, 0.25) is 0 Å². The number of carbonyl (C=O) groups is 1. The van der Waals surface area contributed by atoms with Crippen LogP contribution in [0.5, 0.6) is 11.5 Å². The molecule has 1 aromatic heterocycles. The average Bonchev–Trinajstić information content (AvgIpc) is 3.25. The van der Waals surface area contributed by atoms with E-state index in [1.54, 1.807) is 6.07 Å². The van der Waals surface area contributed by atoms with E-state index in [4.69, 9.17) is 19.8 Å². The van der Waals surface area contributed by atoms with E-state index in [0.29, 0.717) is 31.0 Å². The second kappa shape index (κ2) is 10.4. The van der Waals surface area contributed by atoms with Crippen molar-refractivity contribution in [2.24, 2.45) is 0 Å². The zero-order chi connectivity index (χ0) is 23.2. The standard InChI is InChI=1S/C25H27N3O5/c26-12-18-11-21-22(28-18)2-1-3-24(21)32-15-19(29)13-27-14-20-7-6-17-10-16(5-9-25(30)31)4-8-23(17)33-20/h1-4,8,10-11,19-20,27-29H,5-7,9,13-15H2,(H,30,31). The number of hydrogen-bond acceptors (Lipinski definition) is 6. The monoisotopic (exact) mass is 449 g/mol. The molecule has 2 aromatic carbocycles. The highest BCUT2D eigenvalue weighted by atomic mass is 16.5. The fourth-order valence-corrected chi connectivity index (χ4v) is 4.02. The number of hydrogen-bond donors (Lipinski definition) is 4. The number of aromatic amines is 1. The molecular formula is C25H27N3O5. The third-order valence-electron chi connectivity index (χ3n) is 5.71. The Morgan fingerprint density at radius 2 is 2.21 bits per heavy atom. The molecule has 8 nitrogen and oxygen atoms in total. The highest BCUT2D eigenvalue weighted by Crippen LogP contribution is 2.29. The van der Waals surface area contributed by atoms with Crippen LogP contribution < -0.4 is 14.8 Å². The molecule has 172 valence electrons. The summed E-state index contributed by atoms with van der Waals surface area (Å²) < 4.78 is 11.8. The second-order valence-corrected chi connectivity index (χ2v) is 8.25. The number of ether oxygens (including phenoxy) is 2. The van der Waals surface area contributed by atoms with Gasteiger partial charge in [0, 0.05) is 24.9 Å². The van der Waals surface area contributed by atoms with Crippen molar-refractivity contribution in [1.82, 2.24) is 10.3 Å². The van der Waals surface area contributed by atoms with Gasteiger partial charge in [-0.05, 0) is 54.7 Å². The zero-order valence-electron chi connectivity index (χ0n) is 18.2. The third kappa shape index (κ3) is 5.83. The third-order valence-corrected chi connectivity index (χ3v) is 5.71. The Bertz CT molecular complexity index is 1170. The van der Waals surface area contributed by atoms with Crippen molar-refractivity contribution < 1.29 is 24.5 Å². The van der Waals surface area contributed by atoms with Gasteiger partial charge in [0.05, 0.1) is 5.52 Å². The Hall–Kier alpha value is -3.54. The number of aliphatic hydroxyl groups is 1. The van der Waals surface area contributed by atoms with Crippen molar-refractivity contribution in [3.63, 3.8) is 0 Å². The minimum Gasteiger partial charge on any atom is -0.490 e. The molecule has 2 unspecified atom stereocenters. The number of fused-ring (bicyclic) bond motifs is 2. The Morgan fingerprint density at radius 3 is 3.03 bits per heavy atom. The van der Waals surface area contributed by atoms with Crippen molar-refractivity contribution in [3.8, 4) is 17.6 Å². The van der Waals surface area contributed by atoms with Crippen molar-refractivity contribution in [2.45, 2.75) is 37.9 Å². The van der Waals surface area contributed by atoms with Gasteiger partial charge in [0.2, 0.25) is 0 Å². The summed E-state index contributed by atoms with van der Waals surface area (Å²) in [6.45, 7) is 1.11. The second-order valence-electron chi connectivity index (χ2n) is 8.25. The van der Waals surface area contributed by atoms with E-state index >= 15 is 0 Å². The van der Waals surface area contributed by atoms with Gasteiger partial charge in [-0.15, -0.1) is 0 Å². The van der Waals surface area contributed by atoms with Crippen LogP contribution in [0.3, 0.4) is 0 Å². The number of carboxylic acids is 1. The number of benzene rings is 2. The molecule has 8 heteroatoms. The Balaban J connectivity index is 1.21. The molecule has 4 rings (SSSR count). The number of rotatable bonds is 10. The SMILES string of the molecule is N#Cc1cc2c(OCC(O)CNCC3CCc4cc(CCC(=O)O)ccc4O3)cccc2[nH]1. The van der Waals surface area contributed by atoms with Crippen molar-refractivity contribution in [1.29, 1.82) is 5.26 Å². The minimum absolute atomic E-state index is 0.00787. The lowest BCUT2D eigenvalue weighted by atomic mass is 9.98. The summed E-state index contributed by atoms with van der Waals surface area (Å²) in [5.41, 5.74) is 3.41. The zero-order valence-corrected chi connectivity index (χ0v) is 18.2. The minimum atomic E-state index is -0.794. The highest BCUT2D eigenvalue weighted by Gasteiger charge is 2.20. The number of carboxylic acid groups (broad SMARTS) is 1. The molecule has 0 saturated carbocycles. The van der Waals surface area contributed by atoms with Crippen molar-refractivity contribution in [2.75, 3.05) is 19.7 Å². The van der Waals surface area contributed by atoms with Gasteiger partial charge in [0.15, 0.2) is 0 Å². The molecule has 0 spiro atoms. The number of nitriles is 1. The molecule has 3 aromatic rings. The van der Waals surface area contributed by atoms with Crippen LogP contribution in [0.25, 0.3) is 10.9 Å². The Morgan fingerprint density at radius 1 is 1.33 bits per heavy atom. The number of nitrogens with zero attached hydrogens (tertiary/aromatic N) is 1. The van der Waals surface area contributed by atoms with Gasteiger partial charge in [-0.25, -0.2) is 0 Å². The highest BCUT2D eigenvalue weighted by molar-refractivity contribution is 5.87. The van der Waals surface area contributed by atoms with Gasteiger partial charge in [0.25, 0.3) is 0 Å². The first-order chi connectivity index (χ1) is 16.0. The summed E-state index contributed by atoms with van der Waals surface area (Å²) in [6, 6.07) is 15.2. The first kappa shape index (κ1) is 22.6. The maximum Gasteiger partial charge on any atom is 0.303 e. The number of aliphatic carboxylic acids is 1. The smallest absolute Gasteiger partial charge is 0.303 e. The lowest BCUT2D eigenvalue weighted by Gasteiger charge is -2.27. The number of aliphatic hydroxyl groups excluding tert-OH is 1. The van der Waals surface area contributed by atoms with Crippen molar-refractivity contribution >= 4 is 16.9 Å². The van der Waals surface area contributed by atoms with Crippen molar-refractivity contribution in [3.05, 3.63) is 59.3 Å². The summed E-state index contributed by atoms with van der Waals surface area (Å²) in [5, 5.41) is 32.3. The maximum absolute atomic E-state index is 10.8. The van der Waals surface area contributed by atoms with Crippen LogP contribution in [0.4, 0.5) is 0 Å². The van der Waals surface area contributed by atoms with Crippen LogP contribution in [0.15, 0.2) is 42.5 Å². The Labute approximate surface area is 191 Å². The summed E-state index contributed by atoms with van der Waals surface area (Å²) in [5.74, 6) is 0.670. The molecule has 1 aliphatic rings. The van der Waals surface area contributed by atoms with Crippen LogP contribution in [-0.2, 0) is 17.6 Å². The summed E-state index contributed by atoms with van der Waals surface area (Å²) >= 11 is 0.